The molecular formula is C22H22F3N3O2. The zero-order valence-corrected chi connectivity index (χ0v) is 16.2. The number of hydrogen-bond donors (Lipinski definition) is 2. The summed E-state index contributed by atoms with van der Waals surface area (Å²) >= 11 is 0. The fraction of sp³-hybridized carbons (Fsp3) is 0.364. The maximum atomic E-state index is 13.2. The maximum Gasteiger partial charge on any atom is 0.416 e. The maximum absolute atomic E-state index is 13.2. The minimum absolute atomic E-state index is 0.0391. The van der Waals surface area contributed by atoms with Gasteiger partial charge < -0.3 is 15.0 Å². The molecule has 0 aliphatic carbocycles. The number of alkyl halides is 3. The molecular weight excluding hydrogens is 395 g/mol. The Kier molecular flexibility index (Phi) is 5.62. The topological polar surface area (TPSA) is 67.2 Å². The number of para-hydroxylation sites is 1. The number of imidazole rings is 1. The van der Waals surface area contributed by atoms with Crippen LogP contribution in [0.5, 0.6) is 0 Å². The summed E-state index contributed by atoms with van der Waals surface area (Å²) in [5, 5.41) is 13.2. The van der Waals surface area contributed by atoms with Crippen LogP contribution in [0.25, 0.3) is 22.2 Å². The molecule has 5 nitrogen and oxygen atoms in total. The van der Waals surface area contributed by atoms with Crippen molar-refractivity contribution in [1.29, 1.82) is 0 Å². The smallest absolute Gasteiger partial charge is 0.391 e. The molecule has 2 N–H and O–H groups in total. The van der Waals surface area contributed by atoms with Crippen LogP contribution in [0, 0.1) is 0 Å². The second-order valence-corrected chi connectivity index (χ2v) is 7.64. The summed E-state index contributed by atoms with van der Waals surface area (Å²) in [7, 11) is 0. The first kappa shape index (κ1) is 20.6. The van der Waals surface area contributed by atoms with Crippen molar-refractivity contribution in [2.45, 2.75) is 44.1 Å². The molecule has 1 saturated heterocycles. The summed E-state index contributed by atoms with van der Waals surface area (Å²) in [4.78, 5) is 17.0. The molecule has 2 heterocycles. The first-order chi connectivity index (χ1) is 14.3. The molecule has 3 aromatic rings. The number of hydrogen-bond acceptors (Lipinski definition) is 4. The highest BCUT2D eigenvalue weighted by molar-refractivity contribution is 5.93. The third-order valence-electron chi connectivity index (χ3n) is 5.48. The number of nitrogens with zero attached hydrogens (tertiary/aromatic N) is 2. The predicted molar refractivity (Wildman–Crippen MR) is 107 cm³/mol. The quantitative estimate of drug-likeness (QED) is 0.663. The lowest BCUT2D eigenvalue weighted by molar-refractivity contribution is -0.137. The lowest BCUT2D eigenvalue weighted by atomic mass is 9.97. The number of piperidine rings is 1. The Hall–Kier alpha value is -2.71. The van der Waals surface area contributed by atoms with E-state index in [9.17, 15) is 23.1 Å². The van der Waals surface area contributed by atoms with Gasteiger partial charge in [0.1, 0.15) is 0 Å². The number of carbonyl (C=O) groups excluding carboxylic acids is 1. The molecule has 2 unspecified atom stereocenters. The number of rotatable bonds is 5. The zero-order chi connectivity index (χ0) is 21.3. The van der Waals surface area contributed by atoms with Crippen LogP contribution < -0.4 is 5.32 Å². The number of fused-ring (bicyclic) bond motifs is 1. The molecule has 30 heavy (non-hydrogen) atoms. The molecule has 1 aliphatic rings. The summed E-state index contributed by atoms with van der Waals surface area (Å²) in [5.74, 6) is -0.0772. The van der Waals surface area contributed by atoms with Gasteiger partial charge in [-0.25, -0.2) is 4.98 Å². The van der Waals surface area contributed by atoms with Crippen LogP contribution >= 0.6 is 0 Å². The molecule has 0 saturated carbocycles. The number of aliphatic hydroxyl groups excluding tert-OH is 1. The van der Waals surface area contributed by atoms with Crippen molar-refractivity contribution in [2.24, 2.45) is 0 Å². The molecule has 158 valence electrons. The number of benzene rings is 2. The van der Waals surface area contributed by atoms with Crippen LogP contribution in [0.3, 0.4) is 0 Å². The van der Waals surface area contributed by atoms with Crippen molar-refractivity contribution in [1.82, 2.24) is 14.9 Å². The number of halogens is 3. The lowest BCUT2D eigenvalue weighted by Gasteiger charge is -2.28. The summed E-state index contributed by atoms with van der Waals surface area (Å²) in [6, 6.07) is 10.1. The molecule has 4 rings (SSSR count). The number of Topliss-reactive ketones (excluding diaryl/α,β-unsaturated/α-hetero) is 1. The Balaban J connectivity index is 1.64. The van der Waals surface area contributed by atoms with Crippen molar-refractivity contribution in [3.63, 3.8) is 0 Å². The van der Waals surface area contributed by atoms with E-state index < -0.39 is 17.8 Å². The monoisotopic (exact) mass is 417 g/mol. The summed E-state index contributed by atoms with van der Waals surface area (Å²) in [6.45, 7) is 0.806. The normalized spacial score (nSPS) is 19.9. The standard InChI is InChI=1S/C22H22F3N3O2/c23-22(24,25)15-5-1-4-14(10-15)17-6-2-7-18-21(17)28(13-27-18)12-16(29)11-19-20(30)8-3-9-26-19/h1-2,4-7,10,13,19-20,26,30H,3,8-9,11-12H2. The third-order valence-corrected chi connectivity index (χ3v) is 5.48. The van der Waals surface area contributed by atoms with E-state index in [-0.39, 0.29) is 24.8 Å². The van der Waals surface area contributed by atoms with Crippen LogP contribution in [0.15, 0.2) is 48.8 Å². The van der Waals surface area contributed by atoms with Crippen molar-refractivity contribution in [3.05, 3.63) is 54.4 Å². The fourth-order valence-corrected chi connectivity index (χ4v) is 3.99. The molecule has 8 heteroatoms. The highest BCUT2D eigenvalue weighted by Gasteiger charge is 2.30. The van der Waals surface area contributed by atoms with Crippen LogP contribution in [-0.4, -0.2) is 39.1 Å². The molecule has 0 bridgehead atoms. The summed E-state index contributed by atoms with van der Waals surface area (Å²) < 4.78 is 41.1. The molecule has 0 spiro atoms. The van der Waals surface area contributed by atoms with Gasteiger partial charge >= 0.3 is 6.18 Å². The van der Waals surface area contributed by atoms with Crippen LogP contribution in [0.4, 0.5) is 13.2 Å². The van der Waals surface area contributed by atoms with E-state index in [1.54, 1.807) is 28.8 Å². The van der Waals surface area contributed by atoms with Gasteiger partial charge in [-0.05, 0) is 43.1 Å². The van der Waals surface area contributed by atoms with Gasteiger partial charge in [-0.3, -0.25) is 4.79 Å². The largest absolute Gasteiger partial charge is 0.416 e. The third kappa shape index (κ3) is 4.24. The second kappa shape index (κ2) is 8.20. The minimum atomic E-state index is -4.44. The Morgan fingerprint density at radius 2 is 2.03 bits per heavy atom. The number of aliphatic hydroxyl groups is 1. The Labute approximate surface area is 171 Å². The van der Waals surface area contributed by atoms with Gasteiger partial charge in [0, 0.05) is 18.0 Å². The van der Waals surface area contributed by atoms with Gasteiger partial charge in [0.05, 0.1) is 35.6 Å². The SMILES string of the molecule is O=C(CC1NCCCC1O)Cn1cnc2cccc(-c3cccc(C(F)(F)F)c3)c21. The van der Waals surface area contributed by atoms with E-state index in [4.69, 9.17) is 0 Å². The van der Waals surface area contributed by atoms with Crippen molar-refractivity contribution in [3.8, 4) is 11.1 Å². The Bertz CT molecular complexity index is 1060. The molecule has 1 fully saturated rings. The number of aromatic nitrogens is 2. The van der Waals surface area contributed by atoms with E-state index >= 15 is 0 Å². The second-order valence-electron chi connectivity index (χ2n) is 7.64. The molecule has 0 radical (unpaired) electrons. The van der Waals surface area contributed by atoms with E-state index in [1.165, 1.54) is 12.4 Å². The van der Waals surface area contributed by atoms with Gasteiger partial charge in [-0.15, -0.1) is 0 Å². The van der Waals surface area contributed by atoms with Crippen LogP contribution in [0.1, 0.15) is 24.8 Å². The number of carbonyl (C=O) groups is 1. The summed E-state index contributed by atoms with van der Waals surface area (Å²) in [6.07, 6.45) is -1.73. The van der Waals surface area contributed by atoms with Gasteiger partial charge in [-0.1, -0.05) is 24.3 Å². The van der Waals surface area contributed by atoms with E-state index in [0.29, 0.717) is 28.6 Å². The van der Waals surface area contributed by atoms with E-state index in [0.717, 1.165) is 25.1 Å². The zero-order valence-electron chi connectivity index (χ0n) is 16.2. The molecule has 2 aromatic carbocycles. The lowest BCUT2D eigenvalue weighted by Crippen LogP contribution is -2.46. The molecule has 0 amide bonds. The molecule has 1 aliphatic heterocycles. The van der Waals surface area contributed by atoms with E-state index in [1.807, 2.05) is 0 Å². The minimum Gasteiger partial charge on any atom is -0.391 e. The predicted octanol–water partition coefficient (Wildman–Crippen LogP) is 3.79. The van der Waals surface area contributed by atoms with Crippen LogP contribution in [-0.2, 0) is 17.5 Å². The number of nitrogens with one attached hydrogen (secondary N) is 1. The first-order valence-electron chi connectivity index (χ1n) is 9.87. The Morgan fingerprint density at radius 3 is 2.80 bits per heavy atom. The highest BCUT2D eigenvalue weighted by atomic mass is 19.4. The highest BCUT2D eigenvalue weighted by Crippen LogP contribution is 2.34. The molecule has 2 atom stereocenters. The van der Waals surface area contributed by atoms with Crippen molar-refractivity contribution >= 4 is 16.8 Å². The van der Waals surface area contributed by atoms with Gasteiger partial charge in [0.2, 0.25) is 0 Å². The van der Waals surface area contributed by atoms with Gasteiger partial charge in [0.25, 0.3) is 0 Å². The van der Waals surface area contributed by atoms with Crippen LogP contribution in [0.2, 0.25) is 0 Å². The van der Waals surface area contributed by atoms with Gasteiger partial charge in [0.15, 0.2) is 5.78 Å². The van der Waals surface area contributed by atoms with Crippen molar-refractivity contribution < 1.29 is 23.1 Å². The van der Waals surface area contributed by atoms with Crippen molar-refractivity contribution in [2.75, 3.05) is 6.54 Å². The van der Waals surface area contributed by atoms with Gasteiger partial charge in [-0.2, -0.15) is 13.2 Å². The van der Waals surface area contributed by atoms with E-state index in [2.05, 4.69) is 10.3 Å². The Morgan fingerprint density at radius 1 is 1.23 bits per heavy atom. The fourth-order valence-electron chi connectivity index (χ4n) is 3.99. The first-order valence-corrected chi connectivity index (χ1v) is 9.87. The average molecular weight is 417 g/mol. The summed E-state index contributed by atoms with van der Waals surface area (Å²) in [5.41, 5.74) is 1.49. The molecule has 1 aromatic heterocycles. The number of ketones is 1. The average Bonchev–Trinajstić information content (AvgIpc) is 3.12.